The lowest BCUT2D eigenvalue weighted by Gasteiger charge is -2.41. The molecular weight excluding hydrogens is 515 g/mol. The number of halogens is 4. The van der Waals surface area contributed by atoms with Gasteiger partial charge in [-0.2, -0.15) is 0 Å². The van der Waals surface area contributed by atoms with Gasteiger partial charge in [-0.25, -0.2) is 4.79 Å². The molecule has 37 heavy (non-hydrogen) atoms. The van der Waals surface area contributed by atoms with E-state index in [0.717, 1.165) is 0 Å². The van der Waals surface area contributed by atoms with Crippen LogP contribution in [0.15, 0.2) is 36.4 Å². The van der Waals surface area contributed by atoms with E-state index < -0.39 is 29.6 Å². The number of carbonyl (C=O) groups is 3. The summed E-state index contributed by atoms with van der Waals surface area (Å²) in [7, 11) is 0. The zero-order valence-electron chi connectivity index (χ0n) is 20.1. The molecule has 1 aromatic carbocycles. The summed E-state index contributed by atoms with van der Waals surface area (Å²) in [6.07, 6.45) is -4.88. The molecule has 2 aliphatic rings. The van der Waals surface area contributed by atoms with Crippen LogP contribution < -0.4 is 20.3 Å². The van der Waals surface area contributed by atoms with Gasteiger partial charge < -0.3 is 19.9 Å². The summed E-state index contributed by atoms with van der Waals surface area (Å²) in [5, 5.41) is 4.71. The normalized spacial score (nSPS) is 22.1. The van der Waals surface area contributed by atoms with E-state index in [4.69, 9.17) is 11.6 Å². The van der Waals surface area contributed by atoms with Crippen molar-refractivity contribution in [2.75, 3.05) is 24.5 Å². The number of nitrogens with one attached hydrogen (secondary N) is 2. The molecule has 0 bridgehead atoms. The highest BCUT2D eigenvalue weighted by Gasteiger charge is 2.49. The zero-order valence-corrected chi connectivity index (χ0v) is 20.8. The first-order valence-corrected chi connectivity index (χ1v) is 11.9. The number of nitrogens with zero attached hydrogens (tertiary/aromatic N) is 3. The maximum Gasteiger partial charge on any atom is 0.573 e. The number of piperazine rings is 1. The van der Waals surface area contributed by atoms with Crippen LogP contribution in [0.5, 0.6) is 5.75 Å². The molecule has 0 saturated carbocycles. The van der Waals surface area contributed by atoms with Gasteiger partial charge in [0.1, 0.15) is 5.75 Å². The molecule has 4 amide bonds. The number of imide groups is 1. The maximum atomic E-state index is 13.1. The van der Waals surface area contributed by atoms with E-state index in [1.54, 1.807) is 36.1 Å². The van der Waals surface area contributed by atoms with Crippen molar-refractivity contribution in [2.45, 2.75) is 44.6 Å². The first kappa shape index (κ1) is 26.5. The number of rotatable bonds is 6. The van der Waals surface area contributed by atoms with E-state index in [-0.39, 0.29) is 29.8 Å². The van der Waals surface area contributed by atoms with Crippen molar-refractivity contribution in [3.8, 4) is 5.75 Å². The fourth-order valence-corrected chi connectivity index (χ4v) is 4.81. The van der Waals surface area contributed by atoms with Crippen LogP contribution in [-0.4, -0.2) is 59.8 Å². The third kappa shape index (κ3) is 5.74. The van der Waals surface area contributed by atoms with Crippen molar-refractivity contribution < 1.29 is 32.3 Å². The zero-order chi connectivity index (χ0) is 27.0. The molecule has 2 aromatic rings. The summed E-state index contributed by atoms with van der Waals surface area (Å²) in [5.74, 6) is -1.28. The van der Waals surface area contributed by atoms with Gasteiger partial charge in [0.05, 0.1) is 10.7 Å². The van der Waals surface area contributed by atoms with Crippen LogP contribution in [0.25, 0.3) is 0 Å². The Morgan fingerprint density at radius 1 is 1.24 bits per heavy atom. The second-order valence-corrected chi connectivity index (χ2v) is 9.43. The minimum atomic E-state index is -4.87. The molecule has 198 valence electrons. The third-order valence-electron chi connectivity index (χ3n) is 6.43. The molecule has 1 unspecified atom stereocenters. The van der Waals surface area contributed by atoms with Crippen molar-refractivity contribution in [3.05, 3.63) is 52.8 Å². The number of pyridine rings is 1. The SMILES string of the molecule is Cc1cccc(C2(CCC(=O)N3CCN(c4ccc(Cl)c(OC(F)(F)F)c4)[C@@H](C)C3)NC(=O)NC2=O)n1. The molecule has 0 radical (unpaired) electrons. The van der Waals surface area contributed by atoms with Gasteiger partial charge in [-0.15, -0.1) is 13.2 Å². The molecule has 13 heteroatoms. The molecule has 0 aliphatic carbocycles. The quantitative estimate of drug-likeness (QED) is 0.545. The summed E-state index contributed by atoms with van der Waals surface area (Å²) >= 11 is 5.86. The minimum Gasteiger partial charge on any atom is -0.404 e. The molecule has 2 atom stereocenters. The number of carbonyl (C=O) groups excluding carboxylic acids is 3. The van der Waals surface area contributed by atoms with Crippen LogP contribution in [0, 0.1) is 6.92 Å². The van der Waals surface area contributed by atoms with E-state index in [1.807, 2.05) is 11.8 Å². The summed E-state index contributed by atoms with van der Waals surface area (Å²) < 4.78 is 42.1. The molecule has 2 aliphatic heterocycles. The van der Waals surface area contributed by atoms with Crippen LogP contribution in [0.4, 0.5) is 23.7 Å². The van der Waals surface area contributed by atoms with Gasteiger partial charge in [0.2, 0.25) is 5.91 Å². The van der Waals surface area contributed by atoms with E-state index >= 15 is 0 Å². The largest absolute Gasteiger partial charge is 0.573 e. The second kappa shape index (κ2) is 10.1. The van der Waals surface area contributed by atoms with Crippen molar-refractivity contribution in [1.82, 2.24) is 20.5 Å². The number of aryl methyl sites for hydroxylation is 1. The molecule has 4 rings (SSSR count). The fraction of sp³-hybridized carbons (Fsp3) is 0.417. The highest BCUT2D eigenvalue weighted by atomic mass is 35.5. The highest BCUT2D eigenvalue weighted by Crippen LogP contribution is 2.35. The average molecular weight is 540 g/mol. The highest BCUT2D eigenvalue weighted by molar-refractivity contribution is 6.32. The topological polar surface area (TPSA) is 104 Å². The molecule has 0 spiro atoms. The Morgan fingerprint density at radius 2 is 2.00 bits per heavy atom. The van der Waals surface area contributed by atoms with Gasteiger partial charge in [-0.05, 0) is 44.5 Å². The van der Waals surface area contributed by atoms with E-state index in [2.05, 4.69) is 20.4 Å². The van der Waals surface area contributed by atoms with Gasteiger partial charge in [0.25, 0.3) is 5.91 Å². The maximum absolute atomic E-state index is 13.1. The smallest absolute Gasteiger partial charge is 0.404 e. The summed E-state index contributed by atoms with van der Waals surface area (Å²) in [6, 6.07) is 8.40. The summed E-state index contributed by atoms with van der Waals surface area (Å²) in [5.41, 5.74) is 0.0392. The Morgan fingerprint density at radius 3 is 2.62 bits per heavy atom. The summed E-state index contributed by atoms with van der Waals surface area (Å²) in [4.78, 5) is 45.7. The predicted octanol–water partition coefficient (Wildman–Crippen LogP) is 3.49. The third-order valence-corrected chi connectivity index (χ3v) is 6.75. The molecule has 3 heterocycles. The first-order valence-electron chi connectivity index (χ1n) is 11.6. The molecule has 2 fully saturated rings. The Kier molecular flexibility index (Phi) is 7.22. The second-order valence-electron chi connectivity index (χ2n) is 9.02. The van der Waals surface area contributed by atoms with Gasteiger partial charge in [0.15, 0.2) is 5.54 Å². The van der Waals surface area contributed by atoms with E-state index in [0.29, 0.717) is 36.7 Å². The lowest BCUT2D eigenvalue weighted by atomic mass is 9.88. The van der Waals surface area contributed by atoms with Crippen molar-refractivity contribution in [3.63, 3.8) is 0 Å². The number of alkyl halides is 3. The van der Waals surface area contributed by atoms with Crippen LogP contribution in [0.1, 0.15) is 31.2 Å². The average Bonchev–Trinajstić information content (AvgIpc) is 3.12. The Labute approximate surface area is 215 Å². The number of aromatic nitrogens is 1. The van der Waals surface area contributed by atoms with Gasteiger partial charge >= 0.3 is 12.4 Å². The number of hydrogen-bond acceptors (Lipinski definition) is 6. The minimum absolute atomic E-state index is 0.0176. The predicted molar refractivity (Wildman–Crippen MR) is 128 cm³/mol. The van der Waals surface area contributed by atoms with Crippen molar-refractivity contribution in [1.29, 1.82) is 0 Å². The van der Waals surface area contributed by atoms with E-state index in [1.165, 1.54) is 12.1 Å². The van der Waals surface area contributed by atoms with Crippen LogP contribution in [0.3, 0.4) is 0 Å². The van der Waals surface area contributed by atoms with Gasteiger partial charge in [0, 0.05) is 49.5 Å². The molecular formula is C24H25ClF3N5O4. The molecule has 2 saturated heterocycles. The van der Waals surface area contributed by atoms with Crippen LogP contribution in [-0.2, 0) is 15.1 Å². The standard InChI is InChI=1S/C24H25ClF3N5O4/c1-14-4-3-5-19(29-14)23(21(35)30-22(36)31-23)9-8-20(34)32-10-11-33(15(2)13-32)16-6-7-17(25)18(12-16)37-24(26,27)28/h3-7,12,15H,8-11,13H2,1-2H3,(H2,30,31,35,36)/t15-,23?/m0/s1. The number of ether oxygens (including phenoxy) is 1. The number of hydrogen-bond donors (Lipinski definition) is 2. The molecule has 2 N–H and O–H groups in total. The summed E-state index contributed by atoms with van der Waals surface area (Å²) in [6.45, 7) is 4.60. The molecule has 1 aromatic heterocycles. The van der Waals surface area contributed by atoms with Gasteiger partial charge in [-0.1, -0.05) is 17.7 Å². The van der Waals surface area contributed by atoms with Crippen LogP contribution >= 0.6 is 11.6 Å². The lowest BCUT2D eigenvalue weighted by molar-refractivity contribution is -0.274. The number of anilines is 1. The fourth-order valence-electron chi connectivity index (χ4n) is 4.65. The molecule has 9 nitrogen and oxygen atoms in total. The van der Waals surface area contributed by atoms with Gasteiger partial charge in [-0.3, -0.25) is 19.9 Å². The number of amides is 4. The first-order chi connectivity index (χ1) is 17.4. The monoisotopic (exact) mass is 539 g/mol. The van der Waals surface area contributed by atoms with Crippen LogP contribution in [0.2, 0.25) is 5.02 Å². The lowest BCUT2D eigenvalue weighted by Crippen LogP contribution is -2.54. The van der Waals surface area contributed by atoms with Crippen molar-refractivity contribution in [2.24, 2.45) is 0 Å². The number of benzene rings is 1. The Balaban J connectivity index is 1.43. The number of urea groups is 1. The Hall–Kier alpha value is -3.54. The van der Waals surface area contributed by atoms with Crippen molar-refractivity contribution >= 4 is 35.1 Å². The van der Waals surface area contributed by atoms with E-state index in [9.17, 15) is 27.6 Å². The Bertz CT molecular complexity index is 1230.